The molecule has 1 aromatic carbocycles. The normalized spacial score (nSPS) is 12.6. The summed E-state index contributed by atoms with van der Waals surface area (Å²) in [7, 11) is 0. The van der Waals surface area contributed by atoms with Crippen LogP contribution in [0.4, 0.5) is 13.2 Å². The maximum absolute atomic E-state index is 13.8. The fourth-order valence-electron chi connectivity index (χ4n) is 2.22. The lowest BCUT2D eigenvalue weighted by Crippen LogP contribution is -2.23. The Balaban J connectivity index is 2.19. The van der Waals surface area contributed by atoms with E-state index >= 15 is 0 Å². The first-order valence-corrected chi connectivity index (χ1v) is 7.40. The Morgan fingerprint density at radius 2 is 1.90 bits per heavy atom. The SMILES string of the molecule is CCNC(CCc1cccs1)c1c(F)cc(F)cc1F. The molecule has 1 aromatic heterocycles. The van der Waals surface area contributed by atoms with Gasteiger partial charge in [0.15, 0.2) is 0 Å². The third-order valence-corrected chi connectivity index (χ3v) is 4.04. The summed E-state index contributed by atoms with van der Waals surface area (Å²) < 4.78 is 40.6. The Morgan fingerprint density at radius 1 is 1.20 bits per heavy atom. The second kappa shape index (κ2) is 6.90. The first kappa shape index (κ1) is 15.1. The average Bonchev–Trinajstić information content (AvgIpc) is 2.87. The zero-order chi connectivity index (χ0) is 14.5. The number of halogens is 3. The summed E-state index contributed by atoms with van der Waals surface area (Å²) in [6.07, 6.45) is 1.29. The first-order valence-electron chi connectivity index (χ1n) is 6.52. The molecule has 1 nitrogen and oxygen atoms in total. The molecule has 108 valence electrons. The molecule has 1 unspecified atom stereocenters. The second-order valence-electron chi connectivity index (χ2n) is 4.51. The zero-order valence-corrected chi connectivity index (χ0v) is 11.9. The van der Waals surface area contributed by atoms with E-state index in [0.717, 1.165) is 23.4 Å². The van der Waals surface area contributed by atoms with E-state index in [2.05, 4.69) is 5.32 Å². The summed E-state index contributed by atoms with van der Waals surface area (Å²) in [6, 6.07) is 4.94. The molecular weight excluding hydrogens is 283 g/mol. The van der Waals surface area contributed by atoms with E-state index in [0.29, 0.717) is 13.0 Å². The lowest BCUT2D eigenvalue weighted by Gasteiger charge is -2.19. The van der Waals surface area contributed by atoms with Crippen LogP contribution in [0.5, 0.6) is 0 Å². The maximum Gasteiger partial charge on any atom is 0.133 e. The Labute approximate surface area is 120 Å². The Morgan fingerprint density at radius 3 is 2.45 bits per heavy atom. The van der Waals surface area contributed by atoms with Crippen molar-refractivity contribution in [1.29, 1.82) is 0 Å². The first-order chi connectivity index (χ1) is 9.61. The monoisotopic (exact) mass is 299 g/mol. The number of benzene rings is 1. The molecule has 1 heterocycles. The highest BCUT2D eigenvalue weighted by molar-refractivity contribution is 7.09. The van der Waals surface area contributed by atoms with Gasteiger partial charge in [-0.3, -0.25) is 0 Å². The molecule has 1 N–H and O–H groups in total. The van der Waals surface area contributed by atoms with Crippen molar-refractivity contribution in [2.24, 2.45) is 0 Å². The highest BCUT2D eigenvalue weighted by Gasteiger charge is 2.20. The summed E-state index contributed by atoms with van der Waals surface area (Å²) in [4.78, 5) is 1.16. The highest BCUT2D eigenvalue weighted by atomic mass is 32.1. The molecule has 0 aliphatic heterocycles. The van der Waals surface area contributed by atoms with Crippen LogP contribution in [0.1, 0.15) is 29.8 Å². The Hall–Kier alpha value is -1.33. The van der Waals surface area contributed by atoms with Gasteiger partial charge in [-0.05, 0) is 30.8 Å². The van der Waals surface area contributed by atoms with E-state index in [1.165, 1.54) is 0 Å². The minimum absolute atomic E-state index is 0.0789. The van der Waals surface area contributed by atoms with Gasteiger partial charge in [0.2, 0.25) is 0 Å². The van der Waals surface area contributed by atoms with Crippen LogP contribution in [0.15, 0.2) is 29.6 Å². The van der Waals surface area contributed by atoms with Gasteiger partial charge in [-0.15, -0.1) is 11.3 Å². The zero-order valence-electron chi connectivity index (χ0n) is 11.1. The summed E-state index contributed by atoms with van der Waals surface area (Å²) in [5, 5.41) is 5.03. The van der Waals surface area contributed by atoms with E-state index < -0.39 is 23.5 Å². The number of hydrogen-bond donors (Lipinski definition) is 1. The number of hydrogen-bond acceptors (Lipinski definition) is 2. The van der Waals surface area contributed by atoms with Crippen LogP contribution in [0.2, 0.25) is 0 Å². The Kier molecular flexibility index (Phi) is 5.20. The minimum Gasteiger partial charge on any atom is -0.310 e. The van der Waals surface area contributed by atoms with Crippen molar-refractivity contribution in [3.63, 3.8) is 0 Å². The number of aryl methyl sites for hydroxylation is 1. The lowest BCUT2D eigenvalue weighted by molar-refractivity contribution is 0.447. The molecule has 20 heavy (non-hydrogen) atoms. The van der Waals surface area contributed by atoms with E-state index in [1.54, 1.807) is 11.3 Å². The summed E-state index contributed by atoms with van der Waals surface area (Å²) in [5.74, 6) is -2.56. The van der Waals surface area contributed by atoms with Gasteiger partial charge >= 0.3 is 0 Å². The third-order valence-electron chi connectivity index (χ3n) is 3.10. The van der Waals surface area contributed by atoms with Crippen molar-refractivity contribution in [3.8, 4) is 0 Å². The van der Waals surface area contributed by atoms with Crippen molar-refractivity contribution in [3.05, 3.63) is 57.5 Å². The van der Waals surface area contributed by atoms with Crippen LogP contribution < -0.4 is 5.32 Å². The molecule has 0 bridgehead atoms. The van der Waals surface area contributed by atoms with Crippen molar-refractivity contribution in [2.45, 2.75) is 25.8 Å². The van der Waals surface area contributed by atoms with Crippen molar-refractivity contribution in [1.82, 2.24) is 5.32 Å². The quantitative estimate of drug-likeness (QED) is 0.831. The fourth-order valence-corrected chi connectivity index (χ4v) is 2.95. The van der Waals surface area contributed by atoms with Gasteiger partial charge in [-0.2, -0.15) is 0 Å². The summed E-state index contributed by atoms with van der Waals surface area (Å²) in [5.41, 5.74) is -0.0789. The molecule has 0 amide bonds. The van der Waals surface area contributed by atoms with Gasteiger partial charge < -0.3 is 5.32 Å². The molecule has 0 aliphatic rings. The van der Waals surface area contributed by atoms with E-state index in [1.807, 2.05) is 24.4 Å². The Bertz CT molecular complexity index is 531. The van der Waals surface area contributed by atoms with Gasteiger partial charge in [0, 0.05) is 28.6 Å². The third kappa shape index (κ3) is 3.61. The molecule has 5 heteroatoms. The van der Waals surface area contributed by atoms with Crippen molar-refractivity contribution >= 4 is 11.3 Å². The molecule has 2 aromatic rings. The predicted octanol–water partition coefficient (Wildman–Crippen LogP) is 4.45. The van der Waals surface area contributed by atoms with Gasteiger partial charge in [0.25, 0.3) is 0 Å². The van der Waals surface area contributed by atoms with Crippen LogP contribution in [0, 0.1) is 17.5 Å². The molecule has 0 fully saturated rings. The van der Waals surface area contributed by atoms with Gasteiger partial charge in [-0.25, -0.2) is 13.2 Å². The maximum atomic E-state index is 13.8. The fraction of sp³-hybridized carbons (Fsp3) is 0.333. The van der Waals surface area contributed by atoms with E-state index in [9.17, 15) is 13.2 Å². The largest absolute Gasteiger partial charge is 0.310 e. The topological polar surface area (TPSA) is 12.0 Å². The summed E-state index contributed by atoms with van der Waals surface area (Å²) in [6.45, 7) is 2.46. The van der Waals surface area contributed by atoms with Crippen molar-refractivity contribution < 1.29 is 13.2 Å². The van der Waals surface area contributed by atoms with Crippen LogP contribution in [0.3, 0.4) is 0 Å². The second-order valence-corrected chi connectivity index (χ2v) is 5.54. The molecule has 0 saturated heterocycles. The van der Waals surface area contributed by atoms with Crippen LogP contribution in [-0.4, -0.2) is 6.54 Å². The number of thiophene rings is 1. The summed E-state index contributed by atoms with van der Waals surface area (Å²) >= 11 is 1.61. The van der Waals surface area contributed by atoms with Gasteiger partial charge in [-0.1, -0.05) is 13.0 Å². The van der Waals surface area contributed by atoms with Gasteiger partial charge in [0.1, 0.15) is 17.5 Å². The number of nitrogens with one attached hydrogen (secondary N) is 1. The highest BCUT2D eigenvalue weighted by Crippen LogP contribution is 2.26. The molecule has 0 spiro atoms. The lowest BCUT2D eigenvalue weighted by atomic mass is 10.00. The molecule has 1 atom stereocenters. The smallest absolute Gasteiger partial charge is 0.133 e. The average molecular weight is 299 g/mol. The van der Waals surface area contributed by atoms with Crippen LogP contribution in [-0.2, 0) is 6.42 Å². The number of rotatable bonds is 6. The minimum atomic E-state index is -0.891. The molecular formula is C15H16F3NS. The van der Waals surface area contributed by atoms with Crippen LogP contribution in [0.25, 0.3) is 0 Å². The van der Waals surface area contributed by atoms with Gasteiger partial charge in [0.05, 0.1) is 0 Å². The standard InChI is InChI=1S/C15H16F3NS/c1-2-19-14(6-5-11-4-3-7-20-11)15-12(17)8-10(16)9-13(15)18/h3-4,7-9,14,19H,2,5-6H2,1H3. The molecule has 0 radical (unpaired) electrons. The van der Waals surface area contributed by atoms with Crippen LogP contribution >= 0.6 is 11.3 Å². The molecule has 2 rings (SSSR count). The molecule has 0 aliphatic carbocycles. The van der Waals surface area contributed by atoms with E-state index in [-0.39, 0.29) is 5.56 Å². The van der Waals surface area contributed by atoms with E-state index in [4.69, 9.17) is 0 Å². The van der Waals surface area contributed by atoms with Crippen molar-refractivity contribution in [2.75, 3.05) is 6.54 Å². The molecule has 0 saturated carbocycles. The predicted molar refractivity (Wildman–Crippen MR) is 75.4 cm³/mol.